The summed E-state index contributed by atoms with van der Waals surface area (Å²) in [4.78, 5) is 26.6. The highest BCUT2D eigenvalue weighted by molar-refractivity contribution is 7.80. The van der Waals surface area contributed by atoms with E-state index in [1.165, 1.54) is 16.8 Å². The Morgan fingerprint density at radius 3 is 3.10 bits per heavy atom. The summed E-state index contributed by atoms with van der Waals surface area (Å²) < 4.78 is 16.9. The second kappa shape index (κ2) is 6.89. The van der Waals surface area contributed by atoms with Crippen molar-refractivity contribution >= 4 is 24.4 Å². The monoisotopic (exact) mass is 316 g/mol. The number of nitrogen functional groups attached to an aromatic ring is 1. The predicted octanol–water partition coefficient (Wildman–Crippen LogP) is -1.50. The summed E-state index contributed by atoms with van der Waals surface area (Å²) in [6, 6.07) is 0.679. The first kappa shape index (κ1) is 15.8. The molecule has 1 aliphatic heterocycles. The van der Waals surface area contributed by atoms with Gasteiger partial charge in [-0.05, 0) is 6.07 Å². The third-order valence-electron chi connectivity index (χ3n) is 2.76. The zero-order chi connectivity index (χ0) is 15.4. The lowest BCUT2D eigenvalue weighted by atomic mass is 10.4. The van der Waals surface area contributed by atoms with Crippen molar-refractivity contribution in [2.45, 2.75) is 18.6 Å². The number of anilines is 1. The number of thiol groups is 1. The van der Waals surface area contributed by atoms with Crippen molar-refractivity contribution in [3.8, 4) is 0 Å². The number of esters is 1. The molecule has 1 saturated heterocycles. The standard InChI is InChI=1S/C11H16N4O5S/c12-6(5-21)10(16)19-4-9-18-3-8(20-9)15-2-1-7(13)14-11(15)17/h1-2,6,8-9,21H,3-5,12H2,(H2,13,14,17). The molecule has 1 aliphatic rings. The SMILES string of the molecule is Nc1ccn(C2COC(COC(=O)C(N)CS)O2)c(=O)n1. The molecule has 1 aromatic heterocycles. The minimum atomic E-state index is -0.797. The Labute approximate surface area is 125 Å². The molecule has 0 aliphatic carbocycles. The Kier molecular flexibility index (Phi) is 5.17. The van der Waals surface area contributed by atoms with Gasteiger partial charge in [0.1, 0.15) is 18.5 Å². The molecule has 1 aromatic rings. The molecule has 2 heterocycles. The molecule has 3 unspecified atom stereocenters. The van der Waals surface area contributed by atoms with E-state index in [2.05, 4.69) is 17.6 Å². The molecule has 0 radical (unpaired) electrons. The number of ether oxygens (including phenoxy) is 3. The number of aromatic nitrogens is 2. The van der Waals surface area contributed by atoms with Gasteiger partial charge in [0.05, 0.1) is 6.61 Å². The molecule has 10 heteroatoms. The smallest absolute Gasteiger partial charge is 0.351 e. The van der Waals surface area contributed by atoms with Gasteiger partial charge in [0.25, 0.3) is 0 Å². The molecule has 0 bridgehead atoms. The van der Waals surface area contributed by atoms with Gasteiger partial charge in [-0.15, -0.1) is 0 Å². The van der Waals surface area contributed by atoms with Crippen LogP contribution in [0.3, 0.4) is 0 Å². The van der Waals surface area contributed by atoms with Gasteiger partial charge in [0.2, 0.25) is 0 Å². The largest absolute Gasteiger partial charge is 0.459 e. The third kappa shape index (κ3) is 3.94. The maximum absolute atomic E-state index is 11.7. The summed E-state index contributed by atoms with van der Waals surface area (Å²) in [5.41, 5.74) is 10.3. The number of carbonyl (C=O) groups excluding carboxylic acids is 1. The zero-order valence-electron chi connectivity index (χ0n) is 11.0. The van der Waals surface area contributed by atoms with Gasteiger partial charge in [-0.25, -0.2) is 4.79 Å². The van der Waals surface area contributed by atoms with E-state index in [9.17, 15) is 9.59 Å². The van der Waals surface area contributed by atoms with Crippen LogP contribution >= 0.6 is 12.6 Å². The first-order valence-electron chi connectivity index (χ1n) is 6.16. The maximum Gasteiger partial charge on any atom is 0.351 e. The Bertz CT molecular complexity index is 566. The molecule has 3 atom stereocenters. The van der Waals surface area contributed by atoms with Crippen molar-refractivity contribution in [3.63, 3.8) is 0 Å². The van der Waals surface area contributed by atoms with Crippen LogP contribution in [0.25, 0.3) is 0 Å². The van der Waals surface area contributed by atoms with Gasteiger partial charge in [-0.2, -0.15) is 17.6 Å². The molecule has 1 fully saturated rings. The second-order valence-corrected chi connectivity index (χ2v) is 4.68. The van der Waals surface area contributed by atoms with Crippen LogP contribution in [-0.2, 0) is 19.0 Å². The third-order valence-corrected chi connectivity index (χ3v) is 3.15. The molecule has 9 nitrogen and oxygen atoms in total. The van der Waals surface area contributed by atoms with Crippen LogP contribution in [-0.4, -0.2) is 46.8 Å². The highest BCUT2D eigenvalue weighted by Gasteiger charge is 2.29. The summed E-state index contributed by atoms with van der Waals surface area (Å²) >= 11 is 3.90. The van der Waals surface area contributed by atoms with Crippen molar-refractivity contribution in [2.24, 2.45) is 5.73 Å². The molecule has 0 saturated carbocycles. The van der Waals surface area contributed by atoms with Crippen LogP contribution in [0.15, 0.2) is 17.1 Å². The number of rotatable bonds is 5. The Balaban J connectivity index is 1.89. The van der Waals surface area contributed by atoms with E-state index in [1.54, 1.807) is 0 Å². The van der Waals surface area contributed by atoms with E-state index < -0.39 is 30.2 Å². The van der Waals surface area contributed by atoms with E-state index >= 15 is 0 Å². The number of hydrogen-bond donors (Lipinski definition) is 3. The van der Waals surface area contributed by atoms with Crippen LogP contribution in [0, 0.1) is 0 Å². The Morgan fingerprint density at radius 1 is 1.67 bits per heavy atom. The minimum Gasteiger partial charge on any atom is -0.459 e. The topological polar surface area (TPSA) is 132 Å². The van der Waals surface area contributed by atoms with E-state index in [4.69, 9.17) is 25.7 Å². The van der Waals surface area contributed by atoms with Crippen LogP contribution in [0.5, 0.6) is 0 Å². The average molecular weight is 316 g/mol. The van der Waals surface area contributed by atoms with Crippen molar-refractivity contribution in [1.82, 2.24) is 9.55 Å². The quantitative estimate of drug-likeness (QED) is 0.441. The first-order valence-corrected chi connectivity index (χ1v) is 6.79. The summed E-state index contributed by atoms with van der Waals surface area (Å²) in [7, 11) is 0. The van der Waals surface area contributed by atoms with Gasteiger partial charge in [-0.3, -0.25) is 9.36 Å². The number of hydrogen-bond acceptors (Lipinski definition) is 9. The predicted molar refractivity (Wildman–Crippen MR) is 75.6 cm³/mol. The highest BCUT2D eigenvalue weighted by Crippen LogP contribution is 2.19. The number of nitrogens with two attached hydrogens (primary N) is 2. The van der Waals surface area contributed by atoms with Crippen molar-refractivity contribution < 1.29 is 19.0 Å². The molecular weight excluding hydrogens is 300 g/mol. The van der Waals surface area contributed by atoms with Crippen LogP contribution in [0.1, 0.15) is 6.23 Å². The molecule has 0 aromatic carbocycles. The zero-order valence-corrected chi connectivity index (χ0v) is 11.9. The van der Waals surface area contributed by atoms with Crippen molar-refractivity contribution in [1.29, 1.82) is 0 Å². The summed E-state index contributed by atoms with van der Waals surface area (Å²) in [5, 5.41) is 0. The molecule has 21 heavy (non-hydrogen) atoms. The van der Waals surface area contributed by atoms with E-state index in [1.807, 2.05) is 0 Å². The number of nitrogens with zero attached hydrogens (tertiary/aromatic N) is 2. The number of carbonyl (C=O) groups is 1. The van der Waals surface area contributed by atoms with E-state index in [0.29, 0.717) is 0 Å². The summed E-state index contributed by atoms with van der Waals surface area (Å²) in [6.45, 7) is 0.0142. The fourth-order valence-electron chi connectivity index (χ4n) is 1.65. The van der Waals surface area contributed by atoms with Crippen molar-refractivity contribution in [2.75, 3.05) is 24.7 Å². The molecule has 4 N–H and O–H groups in total. The molecule has 0 spiro atoms. The maximum atomic E-state index is 11.7. The lowest BCUT2D eigenvalue weighted by molar-refractivity contribution is -0.160. The van der Waals surface area contributed by atoms with Gasteiger partial charge in [0.15, 0.2) is 12.5 Å². The molecule has 2 rings (SSSR count). The van der Waals surface area contributed by atoms with Gasteiger partial charge in [-0.1, -0.05) is 0 Å². The normalized spacial score (nSPS) is 23.0. The van der Waals surface area contributed by atoms with Crippen LogP contribution < -0.4 is 17.2 Å². The summed E-state index contributed by atoms with van der Waals surface area (Å²) in [5.74, 6) is -0.284. The molecular formula is C11H16N4O5S. The average Bonchev–Trinajstić information content (AvgIpc) is 2.92. The van der Waals surface area contributed by atoms with Crippen LogP contribution in [0.2, 0.25) is 0 Å². The highest BCUT2D eigenvalue weighted by atomic mass is 32.1. The lowest BCUT2D eigenvalue weighted by Crippen LogP contribution is -2.35. The van der Waals surface area contributed by atoms with E-state index in [-0.39, 0.29) is 24.8 Å². The Morgan fingerprint density at radius 2 is 2.43 bits per heavy atom. The fourth-order valence-corrected chi connectivity index (χ4v) is 1.80. The summed E-state index contributed by atoms with van der Waals surface area (Å²) in [6.07, 6.45) is 0.0487. The van der Waals surface area contributed by atoms with E-state index in [0.717, 1.165) is 0 Å². The molecule has 0 amide bonds. The second-order valence-electron chi connectivity index (χ2n) is 4.31. The van der Waals surface area contributed by atoms with Gasteiger partial charge in [0, 0.05) is 11.9 Å². The van der Waals surface area contributed by atoms with Gasteiger partial charge >= 0.3 is 11.7 Å². The fraction of sp³-hybridized carbons (Fsp3) is 0.545. The first-order chi connectivity index (χ1) is 10.0. The Hall–Kier alpha value is -1.62. The van der Waals surface area contributed by atoms with Crippen molar-refractivity contribution in [3.05, 3.63) is 22.7 Å². The lowest BCUT2D eigenvalue weighted by Gasteiger charge is -2.14. The van der Waals surface area contributed by atoms with Crippen LogP contribution in [0.4, 0.5) is 5.82 Å². The van der Waals surface area contributed by atoms with Gasteiger partial charge < -0.3 is 25.7 Å². The minimum absolute atomic E-state index is 0.117. The molecule has 116 valence electrons.